The maximum absolute atomic E-state index is 4.40. The molecule has 1 aromatic heterocycles. The zero-order valence-corrected chi connectivity index (χ0v) is 10.2. The Kier molecular flexibility index (Phi) is 2.85. The third-order valence-electron chi connectivity index (χ3n) is 3.19. The van der Waals surface area contributed by atoms with Crippen LogP contribution in [0.25, 0.3) is 11.0 Å². The molecule has 1 heterocycles. The van der Waals surface area contributed by atoms with E-state index in [-0.39, 0.29) is 6.04 Å². The van der Waals surface area contributed by atoms with Gasteiger partial charge in [0.25, 0.3) is 0 Å². The van der Waals surface area contributed by atoms with Gasteiger partial charge in [-0.1, -0.05) is 42.5 Å². The van der Waals surface area contributed by atoms with Crippen molar-refractivity contribution < 1.29 is 0 Å². The van der Waals surface area contributed by atoms with Gasteiger partial charge in [0, 0.05) is 6.04 Å². The van der Waals surface area contributed by atoms with E-state index in [4.69, 9.17) is 0 Å². The van der Waals surface area contributed by atoms with Crippen LogP contribution in [-0.2, 0) is 6.42 Å². The summed E-state index contributed by atoms with van der Waals surface area (Å²) in [6.45, 7) is 4.25. The number of para-hydroxylation sites is 2. The molecule has 2 heteroatoms. The van der Waals surface area contributed by atoms with Crippen LogP contribution in [0, 0.1) is 6.92 Å². The molecule has 0 fully saturated rings. The van der Waals surface area contributed by atoms with E-state index in [9.17, 15) is 0 Å². The summed E-state index contributed by atoms with van der Waals surface area (Å²) in [5, 5.41) is 0. The Bertz CT molecular complexity index is 640. The van der Waals surface area contributed by atoms with Crippen LogP contribution in [0.15, 0.2) is 60.9 Å². The minimum Gasteiger partial charge on any atom is -0.327 e. The number of rotatable bonds is 3. The first-order valence-corrected chi connectivity index (χ1v) is 6.13. The summed E-state index contributed by atoms with van der Waals surface area (Å²) in [5.74, 6) is 0. The molecule has 89 valence electrons. The molecule has 0 aliphatic carbocycles. The zero-order chi connectivity index (χ0) is 12.4. The van der Waals surface area contributed by atoms with Gasteiger partial charge in [-0.05, 0) is 31.0 Å². The first-order valence-electron chi connectivity index (χ1n) is 6.13. The highest BCUT2D eigenvalue weighted by atomic mass is 15.1. The topological polar surface area (TPSA) is 17.8 Å². The molecular formula is C16H15N2. The normalized spacial score (nSPS) is 12.7. The summed E-state index contributed by atoms with van der Waals surface area (Å²) in [4.78, 5) is 4.40. The Morgan fingerprint density at radius 3 is 2.56 bits per heavy atom. The summed E-state index contributed by atoms with van der Waals surface area (Å²) in [6.07, 6.45) is 2.80. The third-order valence-corrected chi connectivity index (χ3v) is 3.19. The molecule has 1 radical (unpaired) electrons. The average molecular weight is 235 g/mol. The quantitative estimate of drug-likeness (QED) is 0.677. The molecule has 0 bridgehead atoms. The monoisotopic (exact) mass is 235 g/mol. The smallest absolute Gasteiger partial charge is 0.0961 e. The van der Waals surface area contributed by atoms with Crippen molar-refractivity contribution in [2.75, 3.05) is 0 Å². The first kappa shape index (κ1) is 11.0. The number of imidazole rings is 1. The summed E-state index contributed by atoms with van der Waals surface area (Å²) in [5.41, 5.74) is 3.47. The highest BCUT2D eigenvalue weighted by Crippen LogP contribution is 2.20. The standard InChI is InChI=1S/C16H15N2/c1-13(11-14-7-3-2-4-8-14)18-12-17-15-9-5-6-10-16(15)18/h2-10,12-13H,1,11H2. The molecule has 0 saturated heterocycles. The van der Waals surface area contributed by atoms with Crippen LogP contribution in [0.4, 0.5) is 0 Å². The van der Waals surface area contributed by atoms with Gasteiger partial charge in [0.2, 0.25) is 0 Å². The van der Waals surface area contributed by atoms with Crippen LogP contribution in [0.3, 0.4) is 0 Å². The van der Waals surface area contributed by atoms with E-state index < -0.39 is 0 Å². The van der Waals surface area contributed by atoms with Gasteiger partial charge in [-0.25, -0.2) is 4.98 Å². The molecular weight excluding hydrogens is 220 g/mol. The van der Waals surface area contributed by atoms with Crippen LogP contribution in [-0.4, -0.2) is 9.55 Å². The van der Waals surface area contributed by atoms with Gasteiger partial charge in [-0.2, -0.15) is 0 Å². The lowest BCUT2D eigenvalue weighted by Crippen LogP contribution is -2.07. The molecule has 0 amide bonds. The summed E-state index contributed by atoms with van der Waals surface area (Å²) in [7, 11) is 0. The lowest BCUT2D eigenvalue weighted by Gasteiger charge is -2.14. The lowest BCUT2D eigenvalue weighted by atomic mass is 10.1. The zero-order valence-electron chi connectivity index (χ0n) is 10.2. The fraction of sp³-hybridized carbons (Fsp3) is 0.125. The Labute approximate surface area is 107 Å². The lowest BCUT2D eigenvalue weighted by molar-refractivity contribution is 0.613. The van der Waals surface area contributed by atoms with Crippen molar-refractivity contribution in [1.29, 1.82) is 0 Å². The van der Waals surface area contributed by atoms with Gasteiger partial charge in [0.15, 0.2) is 0 Å². The molecule has 0 N–H and O–H groups in total. The number of hydrogen-bond acceptors (Lipinski definition) is 1. The predicted molar refractivity (Wildman–Crippen MR) is 74.3 cm³/mol. The van der Waals surface area contributed by atoms with Crippen molar-refractivity contribution >= 4 is 11.0 Å². The minimum absolute atomic E-state index is 0.166. The first-order chi connectivity index (χ1) is 8.84. The molecule has 1 unspecified atom stereocenters. The SMILES string of the molecule is [CH2]C(Cc1ccccc1)n1cnc2ccccc21. The number of nitrogens with zero attached hydrogens (tertiary/aromatic N) is 2. The summed E-state index contributed by atoms with van der Waals surface area (Å²) >= 11 is 0. The Morgan fingerprint density at radius 1 is 1.00 bits per heavy atom. The van der Waals surface area contributed by atoms with Gasteiger partial charge in [-0.15, -0.1) is 0 Å². The number of hydrogen-bond donors (Lipinski definition) is 0. The molecule has 0 saturated carbocycles. The third kappa shape index (κ3) is 2.02. The van der Waals surface area contributed by atoms with E-state index in [2.05, 4.69) is 46.8 Å². The Balaban J connectivity index is 1.90. The van der Waals surface area contributed by atoms with E-state index in [1.165, 1.54) is 5.56 Å². The molecule has 18 heavy (non-hydrogen) atoms. The number of aromatic nitrogens is 2. The number of fused-ring (bicyclic) bond motifs is 1. The van der Waals surface area contributed by atoms with Crippen LogP contribution in [0.1, 0.15) is 11.6 Å². The van der Waals surface area contributed by atoms with E-state index in [1.54, 1.807) is 0 Å². The van der Waals surface area contributed by atoms with Gasteiger partial charge in [0.1, 0.15) is 0 Å². The van der Waals surface area contributed by atoms with E-state index >= 15 is 0 Å². The Morgan fingerprint density at radius 2 is 1.72 bits per heavy atom. The van der Waals surface area contributed by atoms with Crippen LogP contribution >= 0.6 is 0 Å². The molecule has 2 nitrogen and oxygen atoms in total. The fourth-order valence-corrected chi connectivity index (χ4v) is 2.25. The van der Waals surface area contributed by atoms with E-state index in [1.807, 2.05) is 30.6 Å². The van der Waals surface area contributed by atoms with E-state index in [0.29, 0.717) is 0 Å². The highest BCUT2D eigenvalue weighted by Gasteiger charge is 2.09. The van der Waals surface area contributed by atoms with Gasteiger partial charge in [0.05, 0.1) is 17.4 Å². The van der Waals surface area contributed by atoms with Crippen molar-refractivity contribution in [3.63, 3.8) is 0 Å². The molecule has 3 rings (SSSR count). The molecule has 1 atom stereocenters. The Hall–Kier alpha value is -2.09. The second-order valence-corrected chi connectivity index (χ2v) is 4.48. The van der Waals surface area contributed by atoms with Gasteiger partial charge in [-0.3, -0.25) is 0 Å². The van der Waals surface area contributed by atoms with Crippen molar-refractivity contribution in [2.45, 2.75) is 12.5 Å². The van der Waals surface area contributed by atoms with Crippen molar-refractivity contribution in [1.82, 2.24) is 9.55 Å². The predicted octanol–water partition coefficient (Wildman–Crippen LogP) is 3.65. The van der Waals surface area contributed by atoms with Gasteiger partial charge >= 0.3 is 0 Å². The largest absolute Gasteiger partial charge is 0.327 e. The van der Waals surface area contributed by atoms with Crippen molar-refractivity contribution in [3.8, 4) is 0 Å². The molecule has 0 spiro atoms. The highest BCUT2D eigenvalue weighted by molar-refractivity contribution is 5.75. The minimum atomic E-state index is 0.166. The molecule has 0 aliphatic rings. The van der Waals surface area contributed by atoms with Crippen LogP contribution < -0.4 is 0 Å². The van der Waals surface area contributed by atoms with Gasteiger partial charge < -0.3 is 4.57 Å². The second kappa shape index (κ2) is 4.65. The van der Waals surface area contributed by atoms with E-state index in [0.717, 1.165) is 17.5 Å². The van der Waals surface area contributed by atoms with Crippen LogP contribution in [0.5, 0.6) is 0 Å². The van der Waals surface area contributed by atoms with Crippen LogP contribution in [0.2, 0.25) is 0 Å². The molecule has 2 aromatic carbocycles. The maximum Gasteiger partial charge on any atom is 0.0961 e. The van der Waals surface area contributed by atoms with Crippen molar-refractivity contribution in [3.05, 3.63) is 73.4 Å². The average Bonchev–Trinajstić information content (AvgIpc) is 2.84. The summed E-state index contributed by atoms with van der Waals surface area (Å²) in [6, 6.07) is 18.8. The molecule has 3 aromatic rings. The fourth-order valence-electron chi connectivity index (χ4n) is 2.25. The molecule has 0 aliphatic heterocycles. The second-order valence-electron chi connectivity index (χ2n) is 4.48. The van der Waals surface area contributed by atoms with Crippen molar-refractivity contribution in [2.24, 2.45) is 0 Å². The number of benzene rings is 2. The maximum atomic E-state index is 4.40. The summed E-state index contributed by atoms with van der Waals surface area (Å²) < 4.78 is 2.14.